The van der Waals surface area contributed by atoms with Crippen molar-refractivity contribution in [3.05, 3.63) is 97.5 Å². The molecule has 56 heavy (non-hydrogen) atoms. The van der Waals surface area contributed by atoms with Gasteiger partial charge in [-0.15, -0.1) is 11.6 Å². The number of amides is 2. The number of ether oxygens (including phenoxy) is 2. The molecule has 1 aliphatic heterocycles. The van der Waals surface area contributed by atoms with Crippen LogP contribution in [-0.4, -0.2) is 67.7 Å². The molecule has 13 nitrogen and oxygen atoms in total. The molecule has 21 heteroatoms. The Kier molecular flexibility index (Phi) is 16.7. The summed E-state index contributed by atoms with van der Waals surface area (Å²) in [6.45, 7) is 10.8. The molecule has 0 aliphatic carbocycles. The van der Waals surface area contributed by atoms with Crippen LogP contribution in [0.3, 0.4) is 0 Å². The maximum atomic E-state index is 12.6. The van der Waals surface area contributed by atoms with E-state index in [-0.39, 0.29) is 46.3 Å². The first-order chi connectivity index (χ1) is 26.2. The fourth-order valence-corrected chi connectivity index (χ4v) is 6.46. The van der Waals surface area contributed by atoms with Gasteiger partial charge in [-0.05, 0) is 69.5 Å². The largest absolute Gasteiger partial charge is 0.467 e. The summed E-state index contributed by atoms with van der Waals surface area (Å²) in [6, 6.07) is 10.9. The lowest BCUT2D eigenvalue weighted by Gasteiger charge is -2.29. The van der Waals surface area contributed by atoms with E-state index in [0.717, 1.165) is 34.1 Å². The van der Waals surface area contributed by atoms with E-state index in [0.29, 0.717) is 31.0 Å². The van der Waals surface area contributed by atoms with Gasteiger partial charge in [0.15, 0.2) is 4.84 Å². The molecule has 3 heterocycles. The van der Waals surface area contributed by atoms with Crippen LogP contribution in [-0.2, 0) is 31.7 Å². The molecular formula is C35H38Cl5F3N6O7. The van der Waals surface area contributed by atoms with E-state index in [9.17, 15) is 32.9 Å². The Bertz CT molecular complexity index is 1960. The number of nitrogen functional groups attached to an aromatic ring is 1. The van der Waals surface area contributed by atoms with Gasteiger partial charge in [0.1, 0.15) is 42.1 Å². The Balaban J connectivity index is 0.000000227. The van der Waals surface area contributed by atoms with Crippen LogP contribution in [0.25, 0.3) is 5.69 Å². The average Bonchev–Trinajstić information content (AvgIpc) is 3.87. The molecule has 0 radical (unpaired) electrons. The van der Waals surface area contributed by atoms with E-state index >= 15 is 0 Å². The summed E-state index contributed by atoms with van der Waals surface area (Å²) in [5.41, 5.74) is 6.17. The van der Waals surface area contributed by atoms with Crippen molar-refractivity contribution in [1.82, 2.24) is 14.7 Å². The lowest BCUT2D eigenvalue weighted by Crippen LogP contribution is -2.45. The summed E-state index contributed by atoms with van der Waals surface area (Å²) in [6.07, 6.45) is -1.62. The highest BCUT2D eigenvalue weighted by molar-refractivity contribution is 6.53. The molecule has 2 N–H and O–H groups in total. The van der Waals surface area contributed by atoms with Crippen molar-refractivity contribution < 1.29 is 41.6 Å². The second kappa shape index (κ2) is 20.1. The number of rotatable bonds is 10. The first-order valence-corrected chi connectivity index (χ1v) is 18.7. The Morgan fingerprint density at radius 1 is 1.16 bits per heavy atom. The number of aryl methyl sites for hydroxylation is 2. The molecule has 1 saturated heterocycles. The van der Waals surface area contributed by atoms with Gasteiger partial charge in [-0.3, -0.25) is 24.6 Å². The number of carbonyl (C=O) groups excluding carboxylic acids is 2. The van der Waals surface area contributed by atoms with Gasteiger partial charge in [-0.2, -0.15) is 18.3 Å². The van der Waals surface area contributed by atoms with Gasteiger partial charge in [0.2, 0.25) is 11.7 Å². The van der Waals surface area contributed by atoms with Crippen LogP contribution in [0.1, 0.15) is 56.2 Å². The predicted octanol–water partition coefficient (Wildman–Crippen LogP) is 9.53. The zero-order chi connectivity index (χ0) is 42.1. The second-order valence-electron chi connectivity index (χ2n) is 12.2. The average molecular weight is 889 g/mol. The molecule has 0 spiro atoms. The Hall–Kier alpha value is -3.77. The van der Waals surface area contributed by atoms with Gasteiger partial charge in [0.05, 0.1) is 39.0 Å². The van der Waals surface area contributed by atoms with E-state index in [1.54, 1.807) is 31.1 Å². The number of aromatic nitrogens is 2. The third kappa shape index (κ3) is 11.4. The van der Waals surface area contributed by atoms with Gasteiger partial charge in [-0.1, -0.05) is 71.5 Å². The van der Waals surface area contributed by atoms with Crippen LogP contribution in [0.5, 0.6) is 0 Å². The van der Waals surface area contributed by atoms with Gasteiger partial charge in [0.25, 0.3) is 5.91 Å². The summed E-state index contributed by atoms with van der Waals surface area (Å²) in [5, 5.41) is 13.5. The van der Waals surface area contributed by atoms with Crippen LogP contribution in [0.4, 0.5) is 30.4 Å². The summed E-state index contributed by atoms with van der Waals surface area (Å²) < 4.78 is 55.1. The molecule has 1 unspecified atom stereocenters. The van der Waals surface area contributed by atoms with E-state index in [4.69, 9.17) is 77.6 Å². The molecule has 0 bridgehead atoms. The minimum atomic E-state index is -4.63. The number of anilines is 2. The lowest BCUT2D eigenvalue weighted by molar-refractivity contribution is -0.383. The molecule has 1 atom stereocenters. The van der Waals surface area contributed by atoms with Crippen LogP contribution < -0.4 is 10.6 Å². The normalized spacial score (nSPS) is 14.8. The number of nitrogens with two attached hydrogens (primary N) is 1. The summed E-state index contributed by atoms with van der Waals surface area (Å²) in [4.78, 5) is 35.7. The molecular weight excluding hydrogens is 851 g/mol. The van der Waals surface area contributed by atoms with Crippen LogP contribution >= 0.6 is 58.0 Å². The molecule has 0 saturated carbocycles. The first kappa shape index (κ1) is 46.6. The molecule has 1 aliphatic rings. The Morgan fingerprint density at radius 3 is 2.29 bits per heavy atom. The van der Waals surface area contributed by atoms with Crippen molar-refractivity contribution in [3.63, 3.8) is 0 Å². The number of para-hydroxylation sites is 1. The molecule has 4 aromatic rings. The third-order valence-corrected chi connectivity index (χ3v) is 9.27. The SMILES string of the molecule is CC1(C)OC(c2ccco2)CN1C(=O)C(Cl)Cl.CCOCN(C(=O)CCl)c1c(C)cccc1CC.Nc1c([N+](=O)[O-])cnn1-c1c(Cl)cc(C(F)(F)F)cc1Cl. The van der Waals surface area contributed by atoms with Crippen LogP contribution in [0, 0.1) is 17.0 Å². The van der Waals surface area contributed by atoms with E-state index in [1.165, 1.54) is 4.90 Å². The number of carbonyl (C=O) groups is 2. The quantitative estimate of drug-likeness (QED) is 0.0708. The second-order valence-corrected chi connectivity index (χ2v) is 14.4. The highest BCUT2D eigenvalue weighted by Gasteiger charge is 2.45. The molecule has 2 aromatic heterocycles. The maximum absolute atomic E-state index is 12.6. The smallest absolute Gasteiger partial charge is 0.416 e. The van der Waals surface area contributed by atoms with E-state index in [2.05, 4.69) is 12.0 Å². The number of alkyl halides is 6. The maximum Gasteiger partial charge on any atom is 0.416 e. The predicted molar refractivity (Wildman–Crippen MR) is 209 cm³/mol. The number of benzene rings is 2. The van der Waals surface area contributed by atoms with Crippen molar-refractivity contribution in [3.8, 4) is 5.69 Å². The van der Waals surface area contributed by atoms with Crippen molar-refractivity contribution in [2.45, 2.75) is 63.9 Å². The molecule has 2 amide bonds. The summed E-state index contributed by atoms with van der Waals surface area (Å²) >= 11 is 28.4. The van der Waals surface area contributed by atoms with Gasteiger partial charge < -0.3 is 24.5 Å². The molecule has 1 fully saturated rings. The fourth-order valence-electron chi connectivity index (χ4n) is 5.44. The lowest BCUT2D eigenvalue weighted by atomic mass is 10.0. The van der Waals surface area contributed by atoms with Gasteiger partial charge in [-0.25, -0.2) is 4.68 Å². The Morgan fingerprint density at radius 2 is 1.80 bits per heavy atom. The topological polar surface area (TPSA) is 159 Å². The molecule has 5 rings (SSSR count). The summed E-state index contributed by atoms with van der Waals surface area (Å²) in [5.74, 6) is -0.232. The summed E-state index contributed by atoms with van der Waals surface area (Å²) in [7, 11) is 0. The van der Waals surface area contributed by atoms with Crippen molar-refractivity contribution in [2.24, 2.45) is 0 Å². The molecule has 2 aromatic carbocycles. The number of nitro groups is 1. The standard InChI is InChI=1S/C14H20ClNO2.C11H13Cl2NO3.C10H5Cl2F3N4O2/c1-4-12-8-6-7-11(3)14(12)16(10-18-5-2)13(17)9-15;1-11(2)14(10(15)9(12)13)6-8(17-11)7-4-3-5-16-7;11-5-1-4(10(13,14)15)2-6(12)8(5)18-9(16)7(3-17-18)19(20)21/h6-8H,4-5,9-10H2,1-3H3;3-5,8-9H,6H2,1-2H3;1-3H,16H2. The van der Waals surface area contributed by atoms with Crippen LogP contribution in [0.2, 0.25) is 10.0 Å². The Labute approximate surface area is 345 Å². The number of hydrogen-bond donors (Lipinski definition) is 1. The van der Waals surface area contributed by atoms with Gasteiger partial charge >= 0.3 is 11.9 Å². The number of halogens is 8. The van der Waals surface area contributed by atoms with E-state index in [1.807, 2.05) is 38.1 Å². The monoisotopic (exact) mass is 886 g/mol. The zero-order valence-electron chi connectivity index (χ0n) is 30.6. The number of furan rings is 1. The number of nitrogens with zero attached hydrogens (tertiary/aromatic N) is 5. The first-order valence-electron chi connectivity index (χ1n) is 16.6. The van der Waals surface area contributed by atoms with Gasteiger partial charge in [0, 0.05) is 6.61 Å². The minimum Gasteiger partial charge on any atom is -0.467 e. The van der Waals surface area contributed by atoms with Crippen molar-refractivity contribution in [2.75, 3.05) is 36.4 Å². The fraction of sp³-hybridized carbons (Fsp3) is 0.400. The third-order valence-electron chi connectivity index (χ3n) is 8.09. The van der Waals surface area contributed by atoms with E-state index < -0.39 is 38.7 Å². The highest BCUT2D eigenvalue weighted by atomic mass is 35.5. The van der Waals surface area contributed by atoms with Crippen molar-refractivity contribution >= 4 is 87.0 Å². The van der Waals surface area contributed by atoms with Crippen LogP contribution in [0.15, 0.2) is 59.3 Å². The minimum absolute atomic E-state index is 0.0371. The highest BCUT2D eigenvalue weighted by Crippen LogP contribution is 2.39. The number of hydrogen-bond acceptors (Lipinski definition) is 9. The zero-order valence-corrected chi connectivity index (χ0v) is 34.4. The molecule has 306 valence electrons. The van der Waals surface area contributed by atoms with Crippen molar-refractivity contribution in [1.29, 1.82) is 0 Å².